The van der Waals surface area contributed by atoms with Crippen LogP contribution in [0, 0.1) is 0 Å². The number of fused-ring (bicyclic) bond motifs is 1. The van der Waals surface area contributed by atoms with Gasteiger partial charge in [0, 0.05) is 11.3 Å². The molecule has 152 valence electrons. The number of amides is 1. The molecule has 0 spiro atoms. The van der Waals surface area contributed by atoms with Gasteiger partial charge in [-0.3, -0.25) is 4.79 Å². The quantitative estimate of drug-likeness (QED) is 0.726. The van der Waals surface area contributed by atoms with Crippen LogP contribution in [0.1, 0.15) is 33.5 Å². The van der Waals surface area contributed by atoms with Crippen LogP contribution in [-0.2, 0) is 33.7 Å². The predicted molar refractivity (Wildman–Crippen MR) is 109 cm³/mol. The highest BCUT2D eigenvalue weighted by atomic mass is 16.5. The third kappa shape index (κ3) is 5.22. The van der Waals surface area contributed by atoms with Crippen molar-refractivity contribution in [2.24, 2.45) is 0 Å². The minimum absolute atomic E-state index is 0.296. The van der Waals surface area contributed by atoms with Crippen molar-refractivity contribution in [2.75, 3.05) is 38.2 Å². The second kappa shape index (κ2) is 9.20. The van der Waals surface area contributed by atoms with Crippen molar-refractivity contribution in [1.29, 1.82) is 0 Å². The number of benzene rings is 2. The van der Waals surface area contributed by atoms with Crippen LogP contribution in [0.2, 0.25) is 0 Å². The van der Waals surface area contributed by atoms with Crippen molar-refractivity contribution in [3.05, 3.63) is 64.7 Å². The molecule has 0 unspecified atom stereocenters. The Labute approximate surface area is 170 Å². The minimum Gasteiger partial charge on any atom is -0.452 e. The molecule has 1 saturated heterocycles. The highest BCUT2D eigenvalue weighted by Crippen LogP contribution is 2.24. The Morgan fingerprint density at radius 1 is 1.00 bits per heavy atom. The van der Waals surface area contributed by atoms with Crippen LogP contribution in [0.5, 0.6) is 0 Å². The lowest BCUT2D eigenvalue weighted by Gasteiger charge is -2.23. The minimum atomic E-state index is -0.487. The predicted octanol–water partition coefficient (Wildman–Crippen LogP) is 1.39. The van der Waals surface area contributed by atoms with E-state index in [0.29, 0.717) is 5.56 Å². The second-order valence-electron chi connectivity index (χ2n) is 7.70. The number of carbonyl (C=O) groups excluding carboxylic acids is 2. The van der Waals surface area contributed by atoms with Gasteiger partial charge in [-0.15, -0.1) is 0 Å². The topological polar surface area (TPSA) is 69.1 Å². The lowest BCUT2D eigenvalue weighted by atomic mass is 10.1. The van der Waals surface area contributed by atoms with Gasteiger partial charge in [-0.05, 0) is 54.7 Å². The van der Waals surface area contributed by atoms with Gasteiger partial charge in [-0.1, -0.05) is 18.2 Å². The average Bonchev–Trinajstić information content (AvgIpc) is 3.21. The Bertz CT molecular complexity index is 873. The van der Waals surface area contributed by atoms with E-state index in [-0.39, 0.29) is 12.5 Å². The molecular weight excluding hydrogens is 368 g/mol. The number of aryl methyl sites for hydroxylation is 2. The molecular formula is C23H27N2O4+. The van der Waals surface area contributed by atoms with Gasteiger partial charge < -0.3 is 19.7 Å². The van der Waals surface area contributed by atoms with Gasteiger partial charge in [0.15, 0.2) is 6.61 Å². The Hall–Kier alpha value is -2.70. The van der Waals surface area contributed by atoms with E-state index in [1.54, 1.807) is 12.1 Å². The van der Waals surface area contributed by atoms with Gasteiger partial charge in [0.2, 0.25) is 0 Å². The Morgan fingerprint density at radius 2 is 1.76 bits per heavy atom. The molecule has 1 fully saturated rings. The van der Waals surface area contributed by atoms with Crippen molar-refractivity contribution in [3.8, 4) is 0 Å². The third-order valence-electron chi connectivity index (χ3n) is 5.56. The number of hydrogen-bond acceptors (Lipinski definition) is 4. The summed E-state index contributed by atoms with van der Waals surface area (Å²) in [5.74, 6) is -0.816. The first-order chi connectivity index (χ1) is 14.2. The molecule has 1 aliphatic heterocycles. The molecule has 1 amide bonds. The number of rotatable bonds is 6. The maximum Gasteiger partial charge on any atom is 0.338 e. The lowest BCUT2D eigenvalue weighted by molar-refractivity contribution is -0.921. The zero-order chi connectivity index (χ0) is 20.1. The second-order valence-corrected chi connectivity index (χ2v) is 7.70. The summed E-state index contributed by atoms with van der Waals surface area (Å²) in [6.07, 6.45) is 3.32. The fourth-order valence-electron chi connectivity index (χ4n) is 3.95. The molecule has 2 aromatic rings. The third-order valence-corrected chi connectivity index (χ3v) is 5.56. The van der Waals surface area contributed by atoms with Gasteiger partial charge in [-0.25, -0.2) is 4.79 Å². The zero-order valence-electron chi connectivity index (χ0n) is 16.5. The van der Waals surface area contributed by atoms with E-state index in [4.69, 9.17) is 9.47 Å². The summed E-state index contributed by atoms with van der Waals surface area (Å²) in [5, 5.41) is 2.80. The largest absolute Gasteiger partial charge is 0.452 e. The number of nitrogens with one attached hydrogen (secondary N) is 2. The van der Waals surface area contributed by atoms with E-state index >= 15 is 0 Å². The normalized spacial score (nSPS) is 16.3. The summed E-state index contributed by atoms with van der Waals surface area (Å²) in [7, 11) is 0. The van der Waals surface area contributed by atoms with Crippen LogP contribution < -0.4 is 10.2 Å². The van der Waals surface area contributed by atoms with Crippen molar-refractivity contribution in [2.45, 2.75) is 25.8 Å². The maximum atomic E-state index is 12.2. The molecule has 0 saturated carbocycles. The summed E-state index contributed by atoms with van der Waals surface area (Å²) in [5.41, 5.74) is 5.03. The summed E-state index contributed by atoms with van der Waals surface area (Å²) < 4.78 is 10.5. The summed E-state index contributed by atoms with van der Waals surface area (Å²) in [6.45, 7) is 4.23. The first kappa shape index (κ1) is 19.6. The maximum absolute atomic E-state index is 12.2. The molecule has 1 aliphatic carbocycles. The van der Waals surface area contributed by atoms with Crippen LogP contribution in [0.4, 0.5) is 5.69 Å². The molecule has 2 aliphatic rings. The number of hydrogen-bond donors (Lipinski definition) is 2. The number of esters is 1. The summed E-state index contributed by atoms with van der Waals surface area (Å²) >= 11 is 0. The van der Waals surface area contributed by atoms with Crippen molar-refractivity contribution < 1.29 is 24.0 Å². The number of anilines is 1. The molecule has 2 aromatic carbocycles. The van der Waals surface area contributed by atoms with Crippen LogP contribution in [-0.4, -0.2) is 44.8 Å². The fraction of sp³-hybridized carbons (Fsp3) is 0.391. The molecule has 4 rings (SSSR count). The number of ether oxygens (including phenoxy) is 2. The average molecular weight is 395 g/mol. The highest BCUT2D eigenvalue weighted by molar-refractivity contribution is 5.95. The van der Waals surface area contributed by atoms with Gasteiger partial charge in [-0.2, -0.15) is 0 Å². The number of morpholine rings is 1. The van der Waals surface area contributed by atoms with E-state index < -0.39 is 5.97 Å². The summed E-state index contributed by atoms with van der Waals surface area (Å²) in [6, 6.07) is 13.4. The smallest absolute Gasteiger partial charge is 0.338 e. The van der Waals surface area contributed by atoms with Gasteiger partial charge in [0.05, 0.1) is 18.8 Å². The van der Waals surface area contributed by atoms with Crippen molar-refractivity contribution in [3.63, 3.8) is 0 Å². The molecule has 0 atom stereocenters. The monoisotopic (exact) mass is 395 g/mol. The van der Waals surface area contributed by atoms with E-state index in [0.717, 1.165) is 57.8 Å². The highest BCUT2D eigenvalue weighted by Gasteiger charge is 2.16. The molecule has 0 radical (unpaired) electrons. The van der Waals surface area contributed by atoms with Gasteiger partial charge in [0.25, 0.3) is 5.91 Å². The van der Waals surface area contributed by atoms with E-state index in [2.05, 4.69) is 11.4 Å². The molecule has 0 bridgehead atoms. The molecule has 29 heavy (non-hydrogen) atoms. The number of quaternary nitrogens is 1. The molecule has 0 aromatic heterocycles. The number of carbonyl (C=O) groups is 2. The van der Waals surface area contributed by atoms with Crippen molar-refractivity contribution >= 4 is 17.6 Å². The standard InChI is InChI=1S/C23H26N2O4/c26-22(24-21-9-8-18-2-1-3-20(18)14-21)16-29-23(27)19-6-4-17(5-7-19)15-25-10-12-28-13-11-25/h4-9,14H,1-3,10-13,15-16H2,(H,24,26)/p+1. The molecule has 6 nitrogen and oxygen atoms in total. The Balaban J connectivity index is 1.25. The van der Waals surface area contributed by atoms with E-state index in [9.17, 15) is 9.59 Å². The van der Waals surface area contributed by atoms with E-state index in [1.807, 2.05) is 24.3 Å². The SMILES string of the molecule is O=C(COC(=O)c1ccc(C[NH+]2CCOCC2)cc1)Nc1ccc2c(c1)CCC2. The van der Waals surface area contributed by atoms with Crippen LogP contribution in [0.15, 0.2) is 42.5 Å². The zero-order valence-corrected chi connectivity index (χ0v) is 16.5. The molecule has 6 heteroatoms. The van der Waals surface area contributed by atoms with Crippen LogP contribution in [0.3, 0.4) is 0 Å². The summed E-state index contributed by atoms with van der Waals surface area (Å²) in [4.78, 5) is 25.8. The van der Waals surface area contributed by atoms with Crippen LogP contribution >= 0.6 is 0 Å². The first-order valence-electron chi connectivity index (χ1n) is 10.3. The lowest BCUT2D eigenvalue weighted by Crippen LogP contribution is -3.12. The van der Waals surface area contributed by atoms with E-state index in [1.165, 1.54) is 21.6 Å². The fourth-order valence-corrected chi connectivity index (χ4v) is 3.95. The van der Waals surface area contributed by atoms with Gasteiger partial charge in [0.1, 0.15) is 19.6 Å². The molecule has 2 N–H and O–H groups in total. The Morgan fingerprint density at radius 3 is 2.55 bits per heavy atom. The van der Waals surface area contributed by atoms with Gasteiger partial charge >= 0.3 is 5.97 Å². The van der Waals surface area contributed by atoms with Crippen molar-refractivity contribution in [1.82, 2.24) is 0 Å². The van der Waals surface area contributed by atoms with Crippen LogP contribution in [0.25, 0.3) is 0 Å². The molecule has 1 heterocycles. The first-order valence-corrected chi connectivity index (χ1v) is 10.3. The Kier molecular flexibility index (Phi) is 6.22.